The molecule has 4 rings (SSSR count). The molecule has 4 nitrogen and oxygen atoms in total. The first-order valence-corrected chi connectivity index (χ1v) is 7.00. The van der Waals surface area contributed by atoms with Gasteiger partial charge in [0.1, 0.15) is 0 Å². The molecule has 0 unspecified atom stereocenters. The second-order valence-corrected chi connectivity index (χ2v) is 5.43. The third kappa shape index (κ3) is 1.55. The van der Waals surface area contributed by atoms with Gasteiger partial charge in [0, 0.05) is 27.9 Å². The largest absolute Gasteiger partial charge is 0.296 e. The Morgan fingerprint density at radius 1 is 1.20 bits per heavy atom. The van der Waals surface area contributed by atoms with Crippen LogP contribution in [0, 0.1) is 0 Å². The summed E-state index contributed by atoms with van der Waals surface area (Å²) in [5.41, 5.74) is 4.20. The summed E-state index contributed by atoms with van der Waals surface area (Å²) in [5.74, 6) is 0. The number of aromatic amines is 1. The van der Waals surface area contributed by atoms with E-state index in [-0.39, 0.29) is 5.56 Å². The SMILES string of the molecule is O=c1c2c(nc3c(-c4ccccc4Cl)c[nH]n13)CCC2. The standard InChI is InChI=1S/C15H12ClN3O/c16-12-6-2-1-4-9(12)11-8-17-19-14(11)18-13-7-3-5-10(13)15(19)20/h1-2,4,6,8,17H,3,5,7H2. The molecule has 0 amide bonds. The lowest BCUT2D eigenvalue weighted by atomic mass is 10.1. The molecule has 0 fully saturated rings. The molecule has 1 aromatic carbocycles. The van der Waals surface area contributed by atoms with Crippen LogP contribution in [0.2, 0.25) is 5.02 Å². The number of nitrogens with zero attached hydrogens (tertiary/aromatic N) is 2. The zero-order valence-electron chi connectivity index (χ0n) is 10.7. The van der Waals surface area contributed by atoms with E-state index in [0.29, 0.717) is 10.7 Å². The number of benzene rings is 1. The summed E-state index contributed by atoms with van der Waals surface area (Å²) in [6.07, 6.45) is 4.51. The maximum absolute atomic E-state index is 12.4. The molecule has 0 saturated carbocycles. The van der Waals surface area contributed by atoms with E-state index in [1.54, 1.807) is 6.20 Å². The summed E-state index contributed by atoms with van der Waals surface area (Å²) in [4.78, 5) is 17.1. The van der Waals surface area contributed by atoms with Crippen molar-refractivity contribution in [2.45, 2.75) is 19.3 Å². The summed E-state index contributed by atoms with van der Waals surface area (Å²) in [5, 5.41) is 3.65. The van der Waals surface area contributed by atoms with Crippen LogP contribution in [0.1, 0.15) is 17.7 Å². The van der Waals surface area contributed by atoms with Gasteiger partial charge in [0.05, 0.1) is 5.69 Å². The van der Waals surface area contributed by atoms with Crippen LogP contribution in [-0.4, -0.2) is 14.6 Å². The van der Waals surface area contributed by atoms with Crippen molar-refractivity contribution in [3.63, 3.8) is 0 Å². The normalized spacial score (nSPS) is 13.8. The number of hydrogen-bond donors (Lipinski definition) is 1. The molecule has 0 radical (unpaired) electrons. The lowest BCUT2D eigenvalue weighted by Gasteiger charge is -2.03. The zero-order chi connectivity index (χ0) is 13.7. The number of fused-ring (bicyclic) bond motifs is 2. The summed E-state index contributed by atoms with van der Waals surface area (Å²) in [6, 6.07) is 7.59. The van der Waals surface area contributed by atoms with Crippen LogP contribution in [0.5, 0.6) is 0 Å². The van der Waals surface area contributed by atoms with Gasteiger partial charge < -0.3 is 0 Å². The van der Waals surface area contributed by atoms with Gasteiger partial charge >= 0.3 is 0 Å². The average Bonchev–Trinajstić information content (AvgIpc) is 3.07. The Morgan fingerprint density at radius 3 is 2.90 bits per heavy atom. The smallest absolute Gasteiger partial charge is 0.276 e. The second-order valence-electron chi connectivity index (χ2n) is 5.02. The van der Waals surface area contributed by atoms with E-state index < -0.39 is 0 Å². The highest BCUT2D eigenvalue weighted by Gasteiger charge is 2.20. The third-order valence-electron chi connectivity index (χ3n) is 3.85. The molecule has 3 aromatic rings. The van der Waals surface area contributed by atoms with E-state index in [0.717, 1.165) is 41.6 Å². The molecule has 2 aromatic heterocycles. The molecule has 100 valence electrons. The van der Waals surface area contributed by atoms with E-state index >= 15 is 0 Å². The Balaban J connectivity index is 2.06. The zero-order valence-corrected chi connectivity index (χ0v) is 11.4. The minimum absolute atomic E-state index is 0.0146. The maximum atomic E-state index is 12.4. The highest BCUT2D eigenvalue weighted by Crippen LogP contribution is 2.30. The van der Waals surface area contributed by atoms with Crippen LogP contribution in [0.15, 0.2) is 35.3 Å². The molecule has 5 heteroatoms. The van der Waals surface area contributed by atoms with Gasteiger partial charge in [0.15, 0.2) is 5.65 Å². The number of hydrogen-bond acceptors (Lipinski definition) is 2. The van der Waals surface area contributed by atoms with Crippen molar-refractivity contribution in [3.05, 3.63) is 57.1 Å². The first-order chi connectivity index (χ1) is 9.75. The fourth-order valence-electron chi connectivity index (χ4n) is 2.86. The summed E-state index contributed by atoms with van der Waals surface area (Å²) >= 11 is 6.24. The molecule has 20 heavy (non-hydrogen) atoms. The van der Waals surface area contributed by atoms with Crippen molar-refractivity contribution in [2.75, 3.05) is 0 Å². The Morgan fingerprint density at radius 2 is 2.05 bits per heavy atom. The number of aryl methyl sites for hydroxylation is 1. The molecular formula is C15H12ClN3O. The highest BCUT2D eigenvalue weighted by atomic mass is 35.5. The van der Waals surface area contributed by atoms with Crippen molar-refractivity contribution < 1.29 is 0 Å². The van der Waals surface area contributed by atoms with Gasteiger partial charge in [0.2, 0.25) is 0 Å². The molecule has 0 aliphatic heterocycles. The molecular weight excluding hydrogens is 274 g/mol. The van der Waals surface area contributed by atoms with E-state index in [9.17, 15) is 4.79 Å². The van der Waals surface area contributed by atoms with Crippen molar-refractivity contribution >= 4 is 17.2 Å². The van der Waals surface area contributed by atoms with Crippen LogP contribution < -0.4 is 5.56 Å². The molecule has 1 aliphatic rings. The van der Waals surface area contributed by atoms with E-state index in [1.807, 2.05) is 24.3 Å². The van der Waals surface area contributed by atoms with Crippen LogP contribution in [0.4, 0.5) is 0 Å². The van der Waals surface area contributed by atoms with Gasteiger partial charge in [-0.2, -0.15) is 0 Å². The Hall–Kier alpha value is -2.07. The molecule has 0 spiro atoms. The average molecular weight is 286 g/mol. The van der Waals surface area contributed by atoms with Crippen LogP contribution in [0.25, 0.3) is 16.8 Å². The van der Waals surface area contributed by atoms with E-state index in [1.165, 1.54) is 4.52 Å². The van der Waals surface area contributed by atoms with Crippen molar-refractivity contribution in [1.29, 1.82) is 0 Å². The number of halogens is 1. The van der Waals surface area contributed by atoms with Gasteiger partial charge in [-0.25, -0.2) is 9.50 Å². The van der Waals surface area contributed by atoms with Crippen molar-refractivity contribution in [2.24, 2.45) is 0 Å². The fraction of sp³-hybridized carbons (Fsp3) is 0.200. The lowest BCUT2D eigenvalue weighted by Crippen LogP contribution is -2.20. The van der Waals surface area contributed by atoms with Crippen LogP contribution in [-0.2, 0) is 12.8 Å². The minimum atomic E-state index is 0.0146. The monoisotopic (exact) mass is 285 g/mol. The third-order valence-corrected chi connectivity index (χ3v) is 4.18. The van der Waals surface area contributed by atoms with Crippen molar-refractivity contribution in [3.8, 4) is 11.1 Å². The topological polar surface area (TPSA) is 50.2 Å². The fourth-order valence-corrected chi connectivity index (χ4v) is 3.10. The number of nitrogens with one attached hydrogen (secondary N) is 1. The summed E-state index contributed by atoms with van der Waals surface area (Å²) in [7, 11) is 0. The highest BCUT2D eigenvalue weighted by molar-refractivity contribution is 6.33. The van der Waals surface area contributed by atoms with Gasteiger partial charge in [-0.3, -0.25) is 9.89 Å². The van der Waals surface area contributed by atoms with Gasteiger partial charge in [0.25, 0.3) is 5.56 Å². The first kappa shape index (κ1) is 11.7. The number of rotatable bonds is 1. The number of H-pyrrole nitrogens is 1. The summed E-state index contributed by atoms with van der Waals surface area (Å²) < 4.78 is 1.52. The van der Waals surface area contributed by atoms with Crippen molar-refractivity contribution in [1.82, 2.24) is 14.6 Å². The lowest BCUT2D eigenvalue weighted by molar-refractivity contribution is 0.870. The molecule has 1 aliphatic carbocycles. The Bertz CT molecular complexity index is 878. The van der Waals surface area contributed by atoms with E-state index in [4.69, 9.17) is 11.6 Å². The van der Waals surface area contributed by atoms with E-state index in [2.05, 4.69) is 10.1 Å². The molecule has 0 saturated heterocycles. The Labute approximate surface area is 120 Å². The van der Waals surface area contributed by atoms with Gasteiger partial charge in [-0.1, -0.05) is 29.8 Å². The van der Waals surface area contributed by atoms with Gasteiger partial charge in [-0.15, -0.1) is 0 Å². The summed E-state index contributed by atoms with van der Waals surface area (Å²) in [6.45, 7) is 0. The predicted octanol–water partition coefficient (Wildman–Crippen LogP) is 2.83. The Kier molecular flexibility index (Phi) is 2.47. The maximum Gasteiger partial charge on any atom is 0.276 e. The molecule has 0 atom stereocenters. The first-order valence-electron chi connectivity index (χ1n) is 6.62. The quantitative estimate of drug-likeness (QED) is 0.747. The predicted molar refractivity (Wildman–Crippen MR) is 78.3 cm³/mol. The van der Waals surface area contributed by atoms with Gasteiger partial charge in [-0.05, 0) is 25.3 Å². The molecule has 0 bridgehead atoms. The van der Waals surface area contributed by atoms with Crippen LogP contribution in [0.3, 0.4) is 0 Å². The second kappa shape index (κ2) is 4.21. The number of aromatic nitrogens is 3. The minimum Gasteiger partial charge on any atom is -0.296 e. The van der Waals surface area contributed by atoms with Crippen LogP contribution >= 0.6 is 11.6 Å². The molecule has 2 heterocycles. The molecule has 1 N–H and O–H groups in total.